The zero-order chi connectivity index (χ0) is 10.3. The number of rotatable bonds is 1. The van der Waals surface area contributed by atoms with Gasteiger partial charge in [-0.05, 0) is 53.0 Å². The number of hydrogen-bond donors (Lipinski definition) is 0. The van der Waals surface area contributed by atoms with Gasteiger partial charge in [0.15, 0.2) is 0 Å². The van der Waals surface area contributed by atoms with Crippen molar-refractivity contribution in [3.05, 3.63) is 21.8 Å². The third kappa shape index (κ3) is 1.75. The Morgan fingerprint density at radius 3 is 3.20 bits per heavy atom. The lowest BCUT2D eigenvalue weighted by atomic mass is 10.2. The molecule has 0 aliphatic carbocycles. The van der Waals surface area contributed by atoms with Crippen LogP contribution in [0, 0.1) is 3.57 Å². The Hall–Kier alpha value is -0.300. The minimum absolute atomic E-state index is 0.540. The van der Waals surface area contributed by atoms with Gasteiger partial charge in [-0.1, -0.05) is 5.21 Å². The number of thioether (sulfide) groups is 1. The number of aromatic nitrogens is 3. The monoisotopic (exact) mass is 331 g/mol. The third-order valence-corrected chi connectivity index (χ3v) is 4.50. The highest BCUT2D eigenvalue weighted by Crippen LogP contribution is 2.29. The highest BCUT2D eigenvalue weighted by atomic mass is 127. The van der Waals surface area contributed by atoms with E-state index in [4.69, 9.17) is 0 Å². The summed E-state index contributed by atoms with van der Waals surface area (Å²) in [6.45, 7) is 0. The number of benzene rings is 1. The van der Waals surface area contributed by atoms with E-state index in [1.165, 1.54) is 27.0 Å². The van der Waals surface area contributed by atoms with Gasteiger partial charge >= 0.3 is 0 Å². The summed E-state index contributed by atoms with van der Waals surface area (Å²) in [5.41, 5.74) is 2.18. The van der Waals surface area contributed by atoms with Crippen molar-refractivity contribution >= 4 is 45.4 Å². The SMILES string of the molecule is Ic1ccc2nnn(C3CCSC3)c2c1. The van der Waals surface area contributed by atoms with Crippen molar-refractivity contribution in [2.45, 2.75) is 12.5 Å². The summed E-state index contributed by atoms with van der Waals surface area (Å²) in [5.74, 6) is 2.42. The van der Waals surface area contributed by atoms with E-state index in [0.717, 1.165) is 5.52 Å². The van der Waals surface area contributed by atoms with Crippen molar-refractivity contribution in [2.75, 3.05) is 11.5 Å². The predicted molar refractivity (Wildman–Crippen MR) is 71.2 cm³/mol. The Balaban J connectivity index is 2.13. The molecular formula is C10H10IN3S. The molecule has 0 amide bonds. The van der Waals surface area contributed by atoms with E-state index in [2.05, 4.69) is 49.7 Å². The van der Waals surface area contributed by atoms with E-state index < -0.39 is 0 Å². The summed E-state index contributed by atoms with van der Waals surface area (Å²) in [4.78, 5) is 0. The van der Waals surface area contributed by atoms with Crippen LogP contribution in [0.3, 0.4) is 0 Å². The molecule has 0 radical (unpaired) electrons. The Morgan fingerprint density at radius 2 is 2.40 bits per heavy atom. The minimum atomic E-state index is 0.540. The van der Waals surface area contributed by atoms with Gasteiger partial charge in [0.05, 0.1) is 11.6 Å². The van der Waals surface area contributed by atoms with Crippen molar-refractivity contribution in [3.8, 4) is 0 Å². The van der Waals surface area contributed by atoms with Crippen LogP contribution in [0.4, 0.5) is 0 Å². The van der Waals surface area contributed by atoms with Crippen LogP contribution in [0.2, 0.25) is 0 Å². The molecule has 2 heterocycles. The molecule has 1 atom stereocenters. The van der Waals surface area contributed by atoms with Gasteiger partial charge in [-0.15, -0.1) is 5.10 Å². The Kier molecular flexibility index (Phi) is 2.59. The predicted octanol–water partition coefficient (Wildman–Crippen LogP) is 2.71. The first-order chi connectivity index (χ1) is 7.34. The quantitative estimate of drug-likeness (QED) is 0.753. The number of fused-ring (bicyclic) bond motifs is 1. The third-order valence-electron chi connectivity index (χ3n) is 2.68. The summed E-state index contributed by atoms with van der Waals surface area (Å²) >= 11 is 4.33. The molecule has 0 N–H and O–H groups in total. The van der Waals surface area contributed by atoms with E-state index in [9.17, 15) is 0 Å². The van der Waals surface area contributed by atoms with Crippen LogP contribution in [0.25, 0.3) is 11.0 Å². The normalized spacial score (nSPS) is 21.3. The van der Waals surface area contributed by atoms with E-state index >= 15 is 0 Å². The van der Waals surface area contributed by atoms with Crippen molar-refractivity contribution in [1.29, 1.82) is 0 Å². The minimum Gasteiger partial charge on any atom is -0.241 e. The van der Waals surface area contributed by atoms with E-state index in [-0.39, 0.29) is 0 Å². The Labute approximate surface area is 106 Å². The molecule has 1 fully saturated rings. The zero-order valence-electron chi connectivity index (χ0n) is 8.06. The molecule has 1 aromatic carbocycles. The molecule has 2 aromatic rings. The molecule has 1 aliphatic heterocycles. The maximum absolute atomic E-state index is 4.27. The maximum atomic E-state index is 4.27. The number of hydrogen-bond acceptors (Lipinski definition) is 3. The second-order valence-electron chi connectivity index (χ2n) is 3.68. The number of nitrogens with zero attached hydrogens (tertiary/aromatic N) is 3. The molecule has 0 saturated carbocycles. The van der Waals surface area contributed by atoms with Crippen molar-refractivity contribution in [2.24, 2.45) is 0 Å². The van der Waals surface area contributed by atoms with Gasteiger partial charge in [-0.2, -0.15) is 11.8 Å². The lowest BCUT2D eigenvalue weighted by molar-refractivity contribution is 0.501. The molecule has 1 aliphatic rings. The highest BCUT2D eigenvalue weighted by molar-refractivity contribution is 14.1. The molecule has 1 saturated heterocycles. The summed E-state index contributed by atoms with van der Waals surface area (Å²) in [7, 11) is 0. The molecule has 3 nitrogen and oxygen atoms in total. The van der Waals surface area contributed by atoms with Crippen LogP contribution in [-0.4, -0.2) is 26.5 Å². The van der Waals surface area contributed by atoms with Crippen molar-refractivity contribution in [3.63, 3.8) is 0 Å². The standard InChI is InChI=1S/C10H10IN3S/c11-7-1-2-9-10(5-7)14(13-12-9)8-3-4-15-6-8/h1-2,5,8H,3-4,6H2. The summed E-state index contributed by atoms with van der Waals surface area (Å²) in [5, 5.41) is 8.47. The molecule has 3 rings (SSSR count). The van der Waals surface area contributed by atoms with Gasteiger partial charge in [0.1, 0.15) is 5.52 Å². The van der Waals surface area contributed by atoms with Crippen molar-refractivity contribution < 1.29 is 0 Å². The average molecular weight is 331 g/mol. The Morgan fingerprint density at radius 1 is 1.47 bits per heavy atom. The molecular weight excluding hydrogens is 321 g/mol. The maximum Gasteiger partial charge on any atom is 0.113 e. The molecule has 15 heavy (non-hydrogen) atoms. The summed E-state index contributed by atoms with van der Waals surface area (Å²) in [6.07, 6.45) is 1.22. The first-order valence-corrected chi connectivity index (χ1v) is 7.16. The fourth-order valence-electron chi connectivity index (χ4n) is 1.89. The van der Waals surface area contributed by atoms with Gasteiger partial charge in [0.25, 0.3) is 0 Å². The second kappa shape index (κ2) is 3.93. The first-order valence-electron chi connectivity index (χ1n) is 4.93. The van der Waals surface area contributed by atoms with Crippen LogP contribution in [0.15, 0.2) is 18.2 Å². The molecule has 0 bridgehead atoms. The highest BCUT2D eigenvalue weighted by Gasteiger charge is 2.20. The molecule has 78 valence electrons. The lowest BCUT2D eigenvalue weighted by Gasteiger charge is -2.08. The number of halogens is 1. The van der Waals surface area contributed by atoms with Crippen LogP contribution >= 0.6 is 34.4 Å². The average Bonchev–Trinajstić information content (AvgIpc) is 2.83. The topological polar surface area (TPSA) is 30.7 Å². The van der Waals surface area contributed by atoms with Crippen LogP contribution in [0.5, 0.6) is 0 Å². The van der Waals surface area contributed by atoms with Gasteiger partial charge < -0.3 is 0 Å². The van der Waals surface area contributed by atoms with Crippen LogP contribution in [0.1, 0.15) is 12.5 Å². The lowest BCUT2D eigenvalue weighted by Crippen LogP contribution is -2.09. The van der Waals surface area contributed by atoms with Crippen LogP contribution < -0.4 is 0 Å². The van der Waals surface area contributed by atoms with Gasteiger partial charge in [-0.3, -0.25) is 0 Å². The zero-order valence-corrected chi connectivity index (χ0v) is 11.0. The summed E-state index contributed by atoms with van der Waals surface area (Å²) in [6, 6.07) is 6.82. The van der Waals surface area contributed by atoms with Gasteiger partial charge in [0, 0.05) is 9.32 Å². The van der Waals surface area contributed by atoms with E-state index in [0.29, 0.717) is 6.04 Å². The molecule has 1 unspecified atom stereocenters. The first kappa shape index (κ1) is 9.89. The molecule has 1 aromatic heterocycles. The molecule has 0 spiro atoms. The summed E-state index contributed by atoms with van der Waals surface area (Å²) < 4.78 is 3.34. The second-order valence-corrected chi connectivity index (χ2v) is 6.08. The smallest absolute Gasteiger partial charge is 0.113 e. The Bertz CT molecular complexity index is 490. The van der Waals surface area contributed by atoms with Crippen LogP contribution in [-0.2, 0) is 0 Å². The molecule has 5 heteroatoms. The fourth-order valence-corrected chi connectivity index (χ4v) is 3.55. The largest absolute Gasteiger partial charge is 0.241 e. The van der Waals surface area contributed by atoms with Gasteiger partial charge in [0.2, 0.25) is 0 Å². The van der Waals surface area contributed by atoms with Crippen molar-refractivity contribution in [1.82, 2.24) is 15.0 Å². The fraction of sp³-hybridized carbons (Fsp3) is 0.400. The van der Waals surface area contributed by atoms with E-state index in [1.54, 1.807) is 0 Å². The van der Waals surface area contributed by atoms with E-state index in [1.807, 2.05) is 17.8 Å². The van der Waals surface area contributed by atoms with Gasteiger partial charge in [-0.25, -0.2) is 4.68 Å².